The Morgan fingerprint density at radius 3 is 2.55 bits per heavy atom. The Morgan fingerprint density at radius 2 is 1.87 bits per heavy atom. The molecular formula is C27H48O3Si. The molecule has 2 unspecified atom stereocenters. The number of hydrogen-bond acceptors (Lipinski definition) is 3. The molecule has 0 bridgehead atoms. The van der Waals surface area contributed by atoms with E-state index in [1.165, 1.54) is 44.9 Å². The summed E-state index contributed by atoms with van der Waals surface area (Å²) in [6.07, 6.45) is 16.3. The predicted molar refractivity (Wildman–Crippen MR) is 132 cm³/mol. The molecule has 0 aromatic rings. The Balaban J connectivity index is 1.66. The third-order valence-corrected chi connectivity index (χ3v) is 10.1. The highest BCUT2D eigenvalue weighted by molar-refractivity contribution is 6.64. The van der Waals surface area contributed by atoms with Gasteiger partial charge in [0.05, 0.1) is 11.7 Å². The van der Waals surface area contributed by atoms with E-state index in [0.29, 0.717) is 35.9 Å². The van der Waals surface area contributed by atoms with Gasteiger partial charge in [0.25, 0.3) is 0 Å². The second-order valence-corrected chi connectivity index (χ2v) is 15.5. The van der Waals surface area contributed by atoms with Crippen molar-refractivity contribution < 1.29 is 14.0 Å². The van der Waals surface area contributed by atoms with Crippen LogP contribution in [-0.2, 0) is 8.85 Å². The number of aliphatic hydroxyl groups is 1. The van der Waals surface area contributed by atoms with Gasteiger partial charge in [0.2, 0.25) is 0 Å². The first-order chi connectivity index (χ1) is 14.4. The number of allylic oxidation sites excluding steroid dienone is 3. The van der Waals surface area contributed by atoms with Crippen LogP contribution in [0.2, 0.25) is 13.1 Å². The summed E-state index contributed by atoms with van der Waals surface area (Å²) in [6, 6.07) is 0. The minimum Gasteiger partial charge on any atom is -0.396 e. The van der Waals surface area contributed by atoms with Gasteiger partial charge < -0.3 is 14.0 Å². The van der Waals surface area contributed by atoms with Crippen molar-refractivity contribution >= 4 is 8.56 Å². The summed E-state index contributed by atoms with van der Waals surface area (Å²) >= 11 is 0. The lowest BCUT2D eigenvalue weighted by atomic mass is 9.61. The van der Waals surface area contributed by atoms with Crippen molar-refractivity contribution in [3.63, 3.8) is 0 Å². The molecule has 3 aliphatic carbocycles. The van der Waals surface area contributed by atoms with E-state index < -0.39 is 8.56 Å². The first kappa shape index (κ1) is 25.2. The van der Waals surface area contributed by atoms with Crippen LogP contribution in [0, 0.1) is 23.2 Å². The Bertz CT molecular complexity index is 674. The zero-order valence-electron chi connectivity index (χ0n) is 21.3. The fraction of sp³-hybridized carbons (Fsp3) is 0.852. The first-order valence-corrected chi connectivity index (χ1v) is 15.6. The lowest BCUT2D eigenvalue weighted by Crippen LogP contribution is -2.45. The fourth-order valence-corrected chi connectivity index (χ4v) is 9.56. The zero-order chi connectivity index (χ0) is 22.9. The van der Waals surface area contributed by atoms with Crippen LogP contribution in [0.3, 0.4) is 0 Å². The molecule has 0 aromatic carbocycles. The van der Waals surface area contributed by atoms with E-state index in [2.05, 4.69) is 59.9 Å². The van der Waals surface area contributed by atoms with E-state index in [1.54, 1.807) is 11.1 Å². The van der Waals surface area contributed by atoms with Crippen LogP contribution in [-0.4, -0.2) is 32.0 Å². The standard InChI is InChI=1S/C27H48O3Si/c1-20(19-28)24-15-16-25-22(11-9-17-27(24,25)5)14-13-21-10-8-12-23(18-21)29-31(6,7)30-26(2,3)4/h13-14,20,23-25,28H,8-12,15-19H2,1-7H3/t20?,23?,24-,25+,27-/m1/s1. The van der Waals surface area contributed by atoms with Crippen molar-refractivity contribution in [2.45, 2.75) is 117 Å². The van der Waals surface area contributed by atoms with Gasteiger partial charge in [0, 0.05) is 6.61 Å². The maximum Gasteiger partial charge on any atom is 0.332 e. The summed E-state index contributed by atoms with van der Waals surface area (Å²) in [5.41, 5.74) is 3.45. The molecule has 0 aromatic heterocycles. The monoisotopic (exact) mass is 448 g/mol. The summed E-state index contributed by atoms with van der Waals surface area (Å²) in [4.78, 5) is 0. The van der Waals surface area contributed by atoms with Gasteiger partial charge in [0.15, 0.2) is 0 Å². The minimum absolute atomic E-state index is 0.145. The molecule has 1 N–H and O–H groups in total. The fourth-order valence-electron chi connectivity index (χ4n) is 7.03. The molecule has 0 radical (unpaired) electrons. The van der Waals surface area contributed by atoms with Gasteiger partial charge in [-0.05, 0) is 115 Å². The maximum absolute atomic E-state index is 9.76. The van der Waals surface area contributed by atoms with Gasteiger partial charge in [-0.25, -0.2) is 0 Å². The summed E-state index contributed by atoms with van der Waals surface area (Å²) in [5.74, 6) is 1.80. The molecule has 31 heavy (non-hydrogen) atoms. The Hall–Kier alpha value is -0.423. The molecular weight excluding hydrogens is 400 g/mol. The number of aliphatic hydroxyl groups excluding tert-OH is 1. The van der Waals surface area contributed by atoms with Crippen molar-refractivity contribution in [2.24, 2.45) is 23.2 Å². The van der Waals surface area contributed by atoms with Gasteiger partial charge in [-0.15, -0.1) is 0 Å². The number of rotatable bonds is 6. The van der Waals surface area contributed by atoms with Gasteiger partial charge in [-0.2, -0.15) is 0 Å². The van der Waals surface area contributed by atoms with Crippen molar-refractivity contribution in [2.75, 3.05) is 6.61 Å². The second-order valence-electron chi connectivity index (χ2n) is 12.3. The quantitative estimate of drug-likeness (QED) is 0.438. The topological polar surface area (TPSA) is 38.7 Å². The SMILES string of the molecule is CC(CO)[C@H]1CC[C@H]2C(=CC=C3CCCC(O[Si](C)(C)OC(C)(C)C)C3)CCC[C@]12C. The summed E-state index contributed by atoms with van der Waals surface area (Å²) in [6.45, 7) is 15.8. The van der Waals surface area contributed by atoms with Crippen LogP contribution in [0.5, 0.6) is 0 Å². The third-order valence-electron chi connectivity index (χ3n) is 8.06. The first-order valence-electron chi connectivity index (χ1n) is 12.8. The van der Waals surface area contributed by atoms with Gasteiger partial charge >= 0.3 is 8.56 Å². The van der Waals surface area contributed by atoms with Crippen molar-refractivity contribution in [3.05, 3.63) is 23.3 Å². The number of fused-ring (bicyclic) bond motifs is 1. The Labute approximate surface area is 192 Å². The van der Waals surface area contributed by atoms with E-state index in [1.807, 2.05) is 0 Å². The minimum atomic E-state index is -2.12. The normalized spacial score (nSPS) is 36.1. The molecule has 3 aliphatic rings. The molecule has 0 heterocycles. The molecule has 178 valence electrons. The highest BCUT2D eigenvalue weighted by Crippen LogP contribution is 2.59. The predicted octanol–water partition coefficient (Wildman–Crippen LogP) is 7.16. The van der Waals surface area contributed by atoms with Gasteiger partial charge in [-0.1, -0.05) is 37.1 Å². The van der Waals surface area contributed by atoms with E-state index in [9.17, 15) is 5.11 Å². The highest BCUT2D eigenvalue weighted by Gasteiger charge is 2.50. The van der Waals surface area contributed by atoms with Crippen molar-refractivity contribution in [3.8, 4) is 0 Å². The molecule has 0 saturated heterocycles. The Morgan fingerprint density at radius 1 is 1.13 bits per heavy atom. The lowest BCUT2D eigenvalue weighted by Gasteiger charge is -2.44. The van der Waals surface area contributed by atoms with Crippen LogP contribution in [0.1, 0.15) is 92.4 Å². The van der Waals surface area contributed by atoms with E-state index in [-0.39, 0.29) is 5.60 Å². The molecule has 5 atom stereocenters. The molecule has 0 spiro atoms. The zero-order valence-corrected chi connectivity index (χ0v) is 22.3. The van der Waals surface area contributed by atoms with Crippen LogP contribution >= 0.6 is 0 Å². The molecule has 0 amide bonds. The molecule has 0 aliphatic heterocycles. The second kappa shape index (κ2) is 9.83. The summed E-state index contributed by atoms with van der Waals surface area (Å²) in [5, 5.41) is 9.76. The van der Waals surface area contributed by atoms with Crippen LogP contribution in [0.15, 0.2) is 23.3 Å². The highest BCUT2D eigenvalue weighted by atomic mass is 28.4. The van der Waals surface area contributed by atoms with Gasteiger partial charge in [0.1, 0.15) is 0 Å². The van der Waals surface area contributed by atoms with Gasteiger partial charge in [-0.3, -0.25) is 0 Å². The van der Waals surface area contributed by atoms with E-state index in [4.69, 9.17) is 8.85 Å². The van der Waals surface area contributed by atoms with Crippen LogP contribution in [0.25, 0.3) is 0 Å². The largest absolute Gasteiger partial charge is 0.396 e. The smallest absolute Gasteiger partial charge is 0.332 e. The third kappa shape index (κ3) is 6.34. The molecule has 3 saturated carbocycles. The van der Waals surface area contributed by atoms with Crippen molar-refractivity contribution in [1.82, 2.24) is 0 Å². The Kier molecular flexibility index (Phi) is 7.99. The van der Waals surface area contributed by atoms with E-state index in [0.717, 1.165) is 12.8 Å². The summed E-state index contributed by atoms with van der Waals surface area (Å²) in [7, 11) is -2.12. The molecule has 4 heteroatoms. The van der Waals surface area contributed by atoms with E-state index >= 15 is 0 Å². The van der Waals surface area contributed by atoms with Crippen LogP contribution < -0.4 is 0 Å². The maximum atomic E-state index is 9.76. The molecule has 3 rings (SSSR count). The summed E-state index contributed by atoms with van der Waals surface area (Å²) < 4.78 is 12.8. The average Bonchev–Trinajstić information content (AvgIpc) is 3.01. The van der Waals surface area contributed by atoms with Crippen LogP contribution in [0.4, 0.5) is 0 Å². The van der Waals surface area contributed by atoms with Crippen molar-refractivity contribution in [1.29, 1.82) is 0 Å². The average molecular weight is 449 g/mol. The molecule has 3 fully saturated rings. The molecule has 3 nitrogen and oxygen atoms in total. The number of hydrogen-bond donors (Lipinski definition) is 1. The lowest BCUT2D eigenvalue weighted by molar-refractivity contribution is 0.0415.